The summed E-state index contributed by atoms with van der Waals surface area (Å²) in [5.74, 6) is -0.296. The minimum atomic E-state index is -3.18. The summed E-state index contributed by atoms with van der Waals surface area (Å²) in [4.78, 5) is 44.2. The Morgan fingerprint density at radius 1 is 1.24 bits per heavy atom. The van der Waals surface area contributed by atoms with Crippen LogP contribution in [0.3, 0.4) is 0 Å². The third kappa shape index (κ3) is 5.52. The molecule has 0 spiro atoms. The highest BCUT2D eigenvalue weighted by atomic mass is 32.2. The smallest absolute Gasteiger partial charge is 0.330 e. The average molecular weight is 492 g/mol. The number of nitrogens with zero attached hydrogens (tertiary/aromatic N) is 3. The molecular weight excluding hydrogens is 458 g/mol. The standard InChI is InChI=1S/C23H33N5O5S/c1-4-16(3)28(18-11-12-34(32,33)15-18)19(29)14-26(5-2)20-21(24)27(23(31)25-22(20)30)13-17-9-7-6-8-10-17/h6-10,16,18H,4-5,11-15,24H2,1-3H3,(H,25,30,31). The lowest BCUT2D eigenvalue weighted by atomic mass is 10.1. The molecular formula is C23H33N5O5S. The number of benzene rings is 1. The van der Waals surface area contributed by atoms with Gasteiger partial charge in [-0.05, 0) is 32.3 Å². The van der Waals surface area contributed by atoms with Crippen molar-refractivity contribution in [2.24, 2.45) is 0 Å². The van der Waals surface area contributed by atoms with Crippen molar-refractivity contribution in [2.45, 2.75) is 52.2 Å². The summed E-state index contributed by atoms with van der Waals surface area (Å²) < 4.78 is 25.4. The van der Waals surface area contributed by atoms with Gasteiger partial charge in [-0.15, -0.1) is 0 Å². The molecule has 0 saturated carbocycles. The monoisotopic (exact) mass is 491 g/mol. The molecule has 0 bridgehead atoms. The van der Waals surface area contributed by atoms with Gasteiger partial charge >= 0.3 is 5.69 Å². The van der Waals surface area contributed by atoms with Crippen LogP contribution >= 0.6 is 0 Å². The number of carbonyl (C=O) groups excluding carboxylic acids is 1. The van der Waals surface area contributed by atoms with Crippen molar-refractivity contribution < 1.29 is 13.2 Å². The molecule has 186 valence electrons. The van der Waals surface area contributed by atoms with Crippen molar-refractivity contribution in [2.75, 3.05) is 35.2 Å². The van der Waals surface area contributed by atoms with Crippen LogP contribution in [-0.2, 0) is 21.2 Å². The van der Waals surface area contributed by atoms with Gasteiger partial charge in [0.1, 0.15) is 11.5 Å². The molecule has 0 aliphatic carbocycles. The van der Waals surface area contributed by atoms with Crippen LogP contribution in [0.15, 0.2) is 39.9 Å². The van der Waals surface area contributed by atoms with Gasteiger partial charge < -0.3 is 15.5 Å². The third-order valence-corrected chi connectivity index (χ3v) is 8.13. The van der Waals surface area contributed by atoms with Crippen LogP contribution in [0.5, 0.6) is 0 Å². The Kier molecular flexibility index (Phi) is 7.86. The number of amides is 1. The van der Waals surface area contributed by atoms with E-state index in [9.17, 15) is 22.8 Å². The highest BCUT2D eigenvalue weighted by molar-refractivity contribution is 7.91. The molecule has 3 N–H and O–H groups in total. The molecule has 1 aromatic heterocycles. The summed E-state index contributed by atoms with van der Waals surface area (Å²) in [7, 11) is -3.18. The second kappa shape index (κ2) is 10.5. The van der Waals surface area contributed by atoms with E-state index in [0.29, 0.717) is 19.4 Å². The number of rotatable bonds is 9. The minimum absolute atomic E-state index is 0.0224. The first-order chi connectivity index (χ1) is 16.1. The van der Waals surface area contributed by atoms with Gasteiger partial charge in [-0.2, -0.15) is 0 Å². The van der Waals surface area contributed by atoms with Crippen molar-refractivity contribution in [3.8, 4) is 0 Å². The molecule has 1 saturated heterocycles. The number of nitrogens with two attached hydrogens (primary N) is 1. The van der Waals surface area contributed by atoms with E-state index in [4.69, 9.17) is 5.73 Å². The van der Waals surface area contributed by atoms with Gasteiger partial charge in [0.2, 0.25) is 5.91 Å². The van der Waals surface area contributed by atoms with Crippen LogP contribution in [0, 0.1) is 0 Å². The van der Waals surface area contributed by atoms with Crippen molar-refractivity contribution >= 4 is 27.2 Å². The Labute approximate surface area is 199 Å². The van der Waals surface area contributed by atoms with Gasteiger partial charge in [-0.25, -0.2) is 13.2 Å². The molecule has 1 amide bonds. The van der Waals surface area contributed by atoms with Gasteiger partial charge in [-0.3, -0.25) is 19.1 Å². The number of hydrogen-bond acceptors (Lipinski definition) is 7. The molecule has 2 unspecified atom stereocenters. The van der Waals surface area contributed by atoms with E-state index < -0.39 is 27.1 Å². The van der Waals surface area contributed by atoms with Crippen molar-refractivity contribution in [3.05, 3.63) is 56.7 Å². The highest BCUT2D eigenvalue weighted by Gasteiger charge is 2.37. The Hall–Kier alpha value is -3.08. The average Bonchev–Trinajstić information content (AvgIpc) is 3.15. The number of hydrogen-bond donors (Lipinski definition) is 2. The maximum Gasteiger partial charge on any atom is 0.330 e. The molecule has 10 nitrogen and oxygen atoms in total. The molecule has 34 heavy (non-hydrogen) atoms. The molecule has 2 aromatic rings. The topological polar surface area (TPSA) is 139 Å². The number of anilines is 2. The second-order valence-corrected chi connectivity index (χ2v) is 10.9. The number of likely N-dealkylation sites (N-methyl/N-ethyl adjacent to an activating group) is 1. The molecule has 1 fully saturated rings. The number of aromatic amines is 1. The number of nitrogen functional groups attached to an aromatic ring is 1. The minimum Gasteiger partial charge on any atom is -0.383 e. The first kappa shape index (κ1) is 25.5. The van der Waals surface area contributed by atoms with E-state index in [1.54, 1.807) is 11.8 Å². The lowest BCUT2D eigenvalue weighted by Crippen LogP contribution is -2.51. The van der Waals surface area contributed by atoms with Gasteiger partial charge in [0, 0.05) is 18.6 Å². The quantitative estimate of drug-likeness (QED) is 0.529. The maximum atomic E-state index is 13.4. The molecule has 1 aromatic carbocycles. The van der Waals surface area contributed by atoms with Gasteiger partial charge in [0.15, 0.2) is 9.84 Å². The van der Waals surface area contributed by atoms with Gasteiger partial charge in [0.05, 0.1) is 24.6 Å². The van der Waals surface area contributed by atoms with Gasteiger partial charge in [-0.1, -0.05) is 37.3 Å². The maximum absolute atomic E-state index is 13.4. The zero-order valence-electron chi connectivity index (χ0n) is 19.9. The zero-order valence-corrected chi connectivity index (χ0v) is 20.7. The normalized spacial score (nSPS) is 17.9. The molecule has 3 rings (SSSR count). The van der Waals surface area contributed by atoms with E-state index in [1.807, 2.05) is 44.2 Å². The van der Waals surface area contributed by atoms with E-state index in [1.165, 1.54) is 9.47 Å². The largest absolute Gasteiger partial charge is 0.383 e. The van der Waals surface area contributed by atoms with E-state index >= 15 is 0 Å². The van der Waals surface area contributed by atoms with E-state index in [-0.39, 0.29) is 48.0 Å². The third-order valence-electron chi connectivity index (χ3n) is 6.38. The summed E-state index contributed by atoms with van der Waals surface area (Å²) in [6.45, 7) is 5.91. The molecule has 0 radical (unpaired) electrons. The fourth-order valence-corrected chi connectivity index (χ4v) is 6.11. The fraction of sp³-hybridized carbons (Fsp3) is 0.522. The Bertz CT molecular complexity index is 1240. The lowest BCUT2D eigenvalue weighted by Gasteiger charge is -2.36. The fourth-order valence-electron chi connectivity index (χ4n) is 4.40. The molecule has 2 heterocycles. The lowest BCUT2D eigenvalue weighted by molar-refractivity contribution is -0.133. The first-order valence-corrected chi connectivity index (χ1v) is 13.3. The van der Waals surface area contributed by atoms with Crippen molar-refractivity contribution in [1.29, 1.82) is 0 Å². The van der Waals surface area contributed by atoms with E-state index in [2.05, 4.69) is 4.98 Å². The Morgan fingerprint density at radius 2 is 1.91 bits per heavy atom. The van der Waals surface area contributed by atoms with Crippen molar-refractivity contribution in [3.63, 3.8) is 0 Å². The number of H-pyrrole nitrogens is 1. The highest BCUT2D eigenvalue weighted by Crippen LogP contribution is 2.23. The summed E-state index contributed by atoms with van der Waals surface area (Å²) in [6.07, 6.45) is 1.06. The number of carbonyl (C=O) groups is 1. The summed E-state index contributed by atoms with van der Waals surface area (Å²) in [6, 6.07) is 8.67. The first-order valence-electron chi connectivity index (χ1n) is 11.5. The molecule has 2 atom stereocenters. The molecule has 11 heteroatoms. The zero-order chi connectivity index (χ0) is 25.0. The van der Waals surface area contributed by atoms with Crippen LogP contribution in [0.25, 0.3) is 0 Å². The number of sulfone groups is 1. The molecule has 1 aliphatic rings. The number of aromatic nitrogens is 2. The van der Waals surface area contributed by atoms with Crippen molar-refractivity contribution in [1.82, 2.24) is 14.5 Å². The van der Waals surface area contributed by atoms with Crippen LogP contribution in [0.1, 0.15) is 39.2 Å². The number of nitrogens with one attached hydrogen (secondary N) is 1. The predicted octanol–water partition coefficient (Wildman–Crippen LogP) is 0.808. The van der Waals surface area contributed by atoms with E-state index in [0.717, 1.165) is 5.56 Å². The Morgan fingerprint density at radius 3 is 2.47 bits per heavy atom. The molecule has 1 aliphatic heterocycles. The summed E-state index contributed by atoms with van der Waals surface area (Å²) in [5, 5.41) is 0. The van der Waals surface area contributed by atoms with Gasteiger partial charge in [0.25, 0.3) is 5.56 Å². The van der Waals surface area contributed by atoms with Crippen LogP contribution < -0.4 is 21.9 Å². The van der Waals surface area contributed by atoms with Crippen LogP contribution in [0.2, 0.25) is 0 Å². The van der Waals surface area contributed by atoms with Crippen LogP contribution in [0.4, 0.5) is 11.5 Å². The Balaban J connectivity index is 1.93. The predicted molar refractivity (Wildman–Crippen MR) is 133 cm³/mol. The summed E-state index contributed by atoms with van der Waals surface area (Å²) >= 11 is 0. The summed E-state index contributed by atoms with van der Waals surface area (Å²) in [5.41, 5.74) is 5.89. The second-order valence-electron chi connectivity index (χ2n) is 8.69. The van der Waals surface area contributed by atoms with Crippen LogP contribution in [-0.4, -0.2) is 65.5 Å². The SMILES string of the molecule is CCC(C)N(C(=O)CN(CC)c1c(N)n(Cc2ccccc2)c(=O)[nH]c1=O)C1CCS(=O)(=O)C1.